The van der Waals surface area contributed by atoms with Crippen LogP contribution in [-0.2, 0) is 9.59 Å². The standard InChI is InChI=1S/C26H29N3O4/c1-32-23-9-5-7-19(25(23)33-2)21(20-13-27-22-8-4-3-6-18(20)22)14-28-26(31)16-12-24(30)29(15-16)17-10-11-17/h3-9,13,16-17,21,27H,10-12,14-15H2,1-2H3,(H,28,31). The number of hydrogen-bond donors (Lipinski definition) is 2. The van der Waals surface area contributed by atoms with E-state index in [1.807, 2.05) is 47.5 Å². The molecule has 2 amide bonds. The molecule has 172 valence electrons. The first kappa shape index (κ1) is 21.4. The molecular formula is C26H29N3O4. The molecule has 2 N–H and O–H groups in total. The molecule has 7 nitrogen and oxygen atoms in total. The third-order valence-corrected chi connectivity index (χ3v) is 6.80. The molecule has 5 rings (SSSR count). The molecule has 2 aliphatic rings. The molecule has 1 saturated heterocycles. The molecule has 0 bridgehead atoms. The van der Waals surface area contributed by atoms with E-state index >= 15 is 0 Å². The van der Waals surface area contributed by atoms with Gasteiger partial charge in [0.2, 0.25) is 11.8 Å². The van der Waals surface area contributed by atoms with E-state index in [-0.39, 0.29) is 23.7 Å². The van der Waals surface area contributed by atoms with Crippen LogP contribution in [0.25, 0.3) is 10.9 Å². The van der Waals surface area contributed by atoms with Gasteiger partial charge in [0, 0.05) is 54.1 Å². The van der Waals surface area contributed by atoms with Gasteiger partial charge in [-0.05, 0) is 30.5 Å². The number of likely N-dealkylation sites (tertiary alicyclic amines) is 1. The Morgan fingerprint density at radius 3 is 2.70 bits per heavy atom. The van der Waals surface area contributed by atoms with Crippen molar-refractivity contribution in [3.8, 4) is 11.5 Å². The molecule has 1 aliphatic heterocycles. The molecule has 0 spiro atoms. The molecule has 1 aromatic heterocycles. The average molecular weight is 448 g/mol. The Labute approximate surface area is 193 Å². The number of ether oxygens (including phenoxy) is 2. The smallest absolute Gasteiger partial charge is 0.225 e. The van der Waals surface area contributed by atoms with E-state index in [0.29, 0.717) is 37.1 Å². The molecule has 3 aromatic rings. The lowest BCUT2D eigenvalue weighted by Crippen LogP contribution is -2.36. The van der Waals surface area contributed by atoms with Crippen molar-refractivity contribution in [3.05, 3.63) is 59.8 Å². The Hall–Kier alpha value is -3.48. The summed E-state index contributed by atoms with van der Waals surface area (Å²) in [7, 11) is 3.25. The molecule has 7 heteroatoms. The average Bonchev–Trinajstić information content (AvgIpc) is 3.48. The summed E-state index contributed by atoms with van der Waals surface area (Å²) in [6.07, 6.45) is 4.40. The number of carbonyl (C=O) groups is 2. The van der Waals surface area contributed by atoms with E-state index in [4.69, 9.17) is 9.47 Å². The minimum atomic E-state index is -0.297. The Balaban J connectivity index is 1.44. The van der Waals surface area contributed by atoms with E-state index in [9.17, 15) is 9.59 Å². The number of H-pyrrole nitrogens is 1. The summed E-state index contributed by atoms with van der Waals surface area (Å²) in [5.74, 6) is 0.868. The molecule has 2 atom stereocenters. The zero-order valence-corrected chi connectivity index (χ0v) is 19.0. The van der Waals surface area contributed by atoms with Crippen molar-refractivity contribution >= 4 is 22.7 Å². The first-order valence-electron chi connectivity index (χ1n) is 11.4. The van der Waals surface area contributed by atoms with Gasteiger partial charge in [-0.1, -0.05) is 30.3 Å². The lowest BCUT2D eigenvalue weighted by Gasteiger charge is -2.22. The van der Waals surface area contributed by atoms with Crippen LogP contribution in [0.3, 0.4) is 0 Å². The summed E-state index contributed by atoms with van der Waals surface area (Å²) in [6.45, 7) is 0.911. The summed E-state index contributed by atoms with van der Waals surface area (Å²) >= 11 is 0. The van der Waals surface area contributed by atoms with E-state index in [0.717, 1.165) is 34.9 Å². The fourth-order valence-electron chi connectivity index (χ4n) is 4.95. The van der Waals surface area contributed by atoms with Gasteiger partial charge in [-0.15, -0.1) is 0 Å². The predicted molar refractivity (Wildman–Crippen MR) is 126 cm³/mol. The first-order chi connectivity index (χ1) is 16.1. The number of carbonyl (C=O) groups excluding carboxylic acids is 2. The van der Waals surface area contributed by atoms with Gasteiger partial charge in [-0.25, -0.2) is 0 Å². The number of rotatable bonds is 8. The number of hydrogen-bond acceptors (Lipinski definition) is 4. The lowest BCUT2D eigenvalue weighted by atomic mass is 9.89. The number of nitrogens with zero attached hydrogens (tertiary/aromatic N) is 1. The molecule has 1 saturated carbocycles. The minimum absolute atomic E-state index is 0.0711. The van der Waals surface area contributed by atoms with Gasteiger partial charge in [-0.2, -0.15) is 0 Å². The van der Waals surface area contributed by atoms with Crippen molar-refractivity contribution in [2.24, 2.45) is 5.92 Å². The SMILES string of the molecule is COc1cccc(C(CNC(=O)C2CC(=O)N(C3CC3)C2)c2c[nH]c3ccccc23)c1OC. The number of aromatic nitrogens is 1. The Morgan fingerprint density at radius 1 is 1.12 bits per heavy atom. The van der Waals surface area contributed by atoms with Gasteiger partial charge in [0.05, 0.1) is 20.1 Å². The largest absolute Gasteiger partial charge is 0.493 e. The molecule has 1 aliphatic carbocycles. The number of nitrogens with one attached hydrogen (secondary N) is 2. The highest BCUT2D eigenvalue weighted by Gasteiger charge is 2.41. The zero-order valence-electron chi connectivity index (χ0n) is 19.0. The van der Waals surface area contributed by atoms with Gasteiger partial charge in [0.15, 0.2) is 11.5 Å². The molecule has 0 radical (unpaired) electrons. The van der Waals surface area contributed by atoms with Crippen LogP contribution in [0.5, 0.6) is 11.5 Å². The summed E-state index contributed by atoms with van der Waals surface area (Å²) < 4.78 is 11.3. The van der Waals surface area contributed by atoms with Crippen LogP contribution in [0.2, 0.25) is 0 Å². The van der Waals surface area contributed by atoms with Gasteiger partial charge in [0.1, 0.15) is 0 Å². The lowest BCUT2D eigenvalue weighted by molar-refractivity contribution is -0.129. The summed E-state index contributed by atoms with van der Waals surface area (Å²) in [5, 5.41) is 4.23. The van der Waals surface area contributed by atoms with Gasteiger partial charge >= 0.3 is 0 Å². The number of para-hydroxylation sites is 2. The molecule has 33 heavy (non-hydrogen) atoms. The van der Waals surface area contributed by atoms with Crippen molar-refractivity contribution in [1.29, 1.82) is 0 Å². The maximum absolute atomic E-state index is 13.1. The second kappa shape index (κ2) is 8.81. The third-order valence-electron chi connectivity index (χ3n) is 6.80. The molecule has 2 unspecified atom stereocenters. The summed E-state index contributed by atoms with van der Waals surface area (Å²) in [4.78, 5) is 30.6. The van der Waals surface area contributed by atoms with Crippen LogP contribution in [0.4, 0.5) is 0 Å². The molecule has 2 fully saturated rings. The topological polar surface area (TPSA) is 83.7 Å². The highest BCUT2D eigenvalue weighted by Crippen LogP contribution is 2.40. The molecule has 2 aromatic carbocycles. The first-order valence-corrected chi connectivity index (χ1v) is 11.4. The van der Waals surface area contributed by atoms with Crippen molar-refractivity contribution in [2.45, 2.75) is 31.2 Å². The van der Waals surface area contributed by atoms with Crippen LogP contribution in [-0.4, -0.2) is 55.0 Å². The van der Waals surface area contributed by atoms with Crippen LogP contribution in [0.15, 0.2) is 48.7 Å². The number of amides is 2. The van der Waals surface area contributed by atoms with E-state index < -0.39 is 0 Å². The Morgan fingerprint density at radius 2 is 1.94 bits per heavy atom. The number of aromatic amines is 1. The molecule has 2 heterocycles. The fraction of sp³-hybridized carbons (Fsp3) is 0.385. The predicted octanol–water partition coefficient (Wildman–Crippen LogP) is 3.44. The second-order valence-corrected chi connectivity index (χ2v) is 8.85. The summed E-state index contributed by atoms with van der Waals surface area (Å²) in [5.41, 5.74) is 3.04. The van der Waals surface area contributed by atoms with E-state index in [1.165, 1.54) is 0 Å². The van der Waals surface area contributed by atoms with Gasteiger partial charge < -0.3 is 24.7 Å². The van der Waals surface area contributed by atoms with Crippen LogP contribution in [0.1, 0.15) is 36.3 Å². The monoisotopic (exact) mass is 447 g/mol. The summed E-state index contributed by atoms with van der Waals surface area (Å²) in [6, 6.07) is 14.3. The van der Waals surface area contributed by atoms with Crippen LogP contribution >= 0.6 is 0 Å². The second-order valence-electron chi connectivity index (χ2n) is 8.85. The van der Waals surface area contributed by atoms with E-state index in [2.05, 4.69) is 16.4 Å². The van der Waals surface area contributed by atoms with Gasteiger partial charge in [-0.3, -0.25) is 9.59 Å². The zero-order chi connectivity index (χ0) is 22.9. The highest BCUT2D eigenvalue weighted by molar-refractivity contribution is 5.90. The normalized spacial score (nSPS) is 19.0. The number of methoxy groups -OCH3 is 2. The third kappa shape index (κ3) is 4.03. The maximum Gasteiger partial charge on any atom is 0.225 e. The van der Waals surface area contributed by atoms with Crippen LogP contribution in [0, 0.1) is 5.92 Å². The van der Waals surface area contributed by atoms with Crippen molar-refractivity contribution in [2.75, 3.05) is 27.3 Å². The van der Waals surface area contributed by atoms with E-state index in [1.54, 1.807) is 14.2 Å². The minimum Gasteiger partial charge on any atom is -0.493 e. The fourth-order valence-corrected chi connectivity index (χ4v) is 4.95. The van der Waals surface area contributed by atoms with Gasteiger partial charge in [0.25, 0.3) is 0 Å². The van der Waals surface area contributed by atoms with Crippen molar-refractivity contribution < 1.29 is 19.1 Å². The highest BCUT2D eigenvalue weighted by atomic mass is 16.5. The van der Waals surface area contributed by atoms with Crippen molar-refractivity contribution in [1.82, 2.24) is 15.2 Å². The molecular weight excluding hydrogens is 418 g/mol. The number of benzene rings is 2. The quantitative estimate of drug-likeness (QED) is 0.554. The maximum atomic E-state index is 13.1. The Kier molecular flexibility index (Phi) is 5.70. The number of fused-ring (bicyclic) bond motifs is 1. The van der Waals surface area contributed by atoms with Crippen LogP contribution < -0.4 is 14.8 Å². The Bertz CT molecular complexity index is 1180. The van der Waals surface area contributed by atoms with Crippen molar-refractivity contribution in [3.63, 3.8) is 0 Å².